The maximum Gasteiger partial charge on any atom is 0.281 e. The van der Waals surface area contributed by atoms with Crippen LogP contribution in [0.5, 0.6) is 0 Å². The third kappa shape index (κ3) is 5.98. The number of carbonyl (C=O) groups is 2. The minimum absolute atomic E-state index is 0.0506. The van der Waals surface area contributed by atoms with E-state index in [1.807, 2.05) is 31.2 Å². The summed E-state index contributed by atoms with van der Waals surface area (Å²) in [6, 6.07) is 15.1. The average Bonchev–Trinajstić information content (AvgIpc) is 3.10. The first-order chi connectivity index (χ1) is 13.9. The molecule has 2 aromatic carbocycles. The quantitative estimate of drug-likeness (QED) is 0.568. The SMILES string of the molecule is Cc1ccc(-c2cc(NC(=O)C[NH+](C)CC(=O)Nc3cccc(F)c3)on2)cc1. The predicted molar refractivity (Wildman–Crippen MR) is 107 cm³/mol. The number of benzene rings is 2. The molecule has 0 bridgehead atoms. The van der Waals surface area contributed by atoms with E-state index < -0.39 is 5.82 Å². The third-order valence-electron chi connectivity index (χ3n) is 4.15. The number of anilines is 2. The van der Waals surface area contributed by atoms with Crippen molar-refractivity contribution < 1.29 is 23.4 Å². The zero-order valence-corrected chi connectivity index (χ0v) is 16.2. The van der Waals surface area contributed by atoms with Crippen LogP contribution in [0.2, 0.25) is 0 Å². The maximum atomic E-state index is 13.2. The van der Waals surface area contributed by atoms with Gasteiger partial charge < -0.3 is 14.7 Å². The number of aromatic nitrogens is 1. The Balaban J connectivity index is 1.48. The van der Waals surface area contributed by atoms with Crippen LogP contribution in [0.1, 0.15) is 5.56 Å². The summed E-state index contributed by atoms with van der Waals surface area (Å²) < 4.78 is 18.3. The van der Waals surface area contributed by atoms with Crippen molar-refractivity contribution in [3.8, 4) is 11.3 Å². The smallest absolute Gasteiger partial charge is 0.281 e. The van der Waals surface area contributed by atoms with Crippen LogP contribution < -0.4 is 15.5 Å². The highest BCUT2D eigenvalue weighted by Crippen LogP contribution is 2.21. The van der Waals surface area contributed by atoms with Gasteiger partial charge in [0.25, 0.3) is 11.8 Å². The van der Waals surface area contributed by atoms with Crippen LogP contribution in [0, 0.1) is 12.7 Å². The van der Waals surface area contributed by atoms with Crippen molar-refractivity contribution in [3.63, 3.8) is 0 Å². The minimum Gasteiger partial charge on any atom is -0.338 e. The normalized spacial score (nSPS) is 11.7. The first-order valence-corrected chi connectivity index (χ1v) is 9.09. The van der Waals surface area contributed by atoms with Gasteiger partial charge in [0.15, 0.2) is 13.1 Å². The van der Waals surface area contributed by atoms with E-state index >= 15 is 0 Å². The molecule has 29 heavy (non-hydrogen) atoms. The molecule has 150 valence electrons. The topological polar surface area (TPSA) is 88.7 Å². The first kappa shape index (κ1) is 20.2. The molecule has 2 amide bonds. The molecule has 1 atom stereocenters. The molecule has 8 heteroatoms. The van der Waals surface area contributed by atoms with E-state index in [4.69, 9.17) is 4.52 Å². The summed E-state index contributed by atoms with van der Waals surface area (Å²) >= 11 is 0. The van der Waals surface area contributed by atoms with Crippen LogP contribution in [0.15, 0.2) is 59.1 Å². The fourth-order valence-corrected chi connectivity index (χ4v) is 2.76. The van der Waals surface area contributed by atoms with Crippen LogP contribution in [-0.4, -0.2) is 37.1 Å². The van der Waals surface area contributed by atoms with Crippen molar-refractivity contribution >= 4 is 23.4 Å². The zero-order valence-electron chi connectivity index (χ0n) is 16.2. The van der Waals surface area contributed by atoms with E-state index in [2.05, 4.69) is 15.8 Å². The van der Waals surface area contributed by atoms with Crippen LogP contribution in [0.25, 0.3) is 11.3 Å². The fraction of sp³-hybridized carbons (Fsp3) is 0.190. The van der Waals surface area contributed by atoms with E-state index in [-0.39, 0.29) is 30.8 Å². The highest BCUT2D eigenvalue weighted by atomic mass is 19.1. The van der Waals surface area contributed by atoms with Gasteiger partial charge in [-0.3, -0.25) is 14.9 Å². The van der Waals surface area contributed by atoms with Crippen molar-refractivity contribution in [2.75, 3.05) is 30.8 Å². The van der Waals surface area contributed by atoms with Crippen molar-refractivity contribution in [1.29, 1.82) is 0 Å². The standard InChI is InChI=1S/C21H21FN4O3/c1-14-6-8-15(9-7-14)18-11-21(29-25-18)24-20(28)13-26(2)12-19(27)23-17-5-3-4-16(22)10-17/h3-11H,12-13H2,1-2H3,(H,23,27)(H,24,28)/p+1. The molecule has 0 aliphatic rings. The van der Waals surface area contributed by atoms with E-state index in [0.717, 1.165) is 11.1 Å². The minimum atomic E-state index is -0.431. The summed E-state index contributed by atoms with van der Waals surface area (Å²) in [7, 11) is 1.71. The van der Waals surface area contributed by atoms with Crippen molar-refractivity contribution in [1.82, 2.24) is 5.16 Å². The first-order valence-electron chi connectivity index (χ1n) is 9.09. The molecule has 3 aromatic rings. The van der Waals surface area contributed by atoms with Gasteiger partial charge in [0, 0.05) is 17.3 Å². The Morgan fingerprint density at radius 1 is 1.03 bits per heavy atom. The summed E-state index contributed by atoms with van der Waals surface area (Å²) in [6.45, 7) is 2.10. The van der Waals surface area contributed by atoms with Gasteiger partial charge in [-0.1, -0.05) is 41.1 Å². The Kier molecular flexibility index (Phi) is 6.36. The second-order valence-corrected chi connectivity index (χ2v) is 6.86. The monoisotopic (exact) mass is 397 g/mol. The molecule has 0 fully saturated rings. The summed E-state index contributed by atoms with van der Waals surface area (Å²) in [5, 5.41) is 9.20. The molecule has 0 saturated carbocycles. The van der Waals surface area contributed by atoms with Crippen LogP contribution in [0.3, 0.4) is 0 Å². The summed E-state index contributed by atoms with van der Waals surface area (Å²) in [6.07, 6.45) is 0. The lowest BCUT2D eigenvalue weighted by Gasteiger charge is -2.13. The molecule has 3 rings (SSSR count). The van der Waals surface area contributed by atoms with Gasteiger partial charge in [-0.05, 0) is 25.1 Å². The molecule has 0 aliphatic heterocycles. The highest BCUT2D eigenvalue weighted by Gasteiger charge is 2.16. The molecule has 1 aromatic heterocycles. The Hall–Kier alpha value is -3.52. The molecule has 0 spiro atoms. The third-order valence-corrected chi connectivity index (χ3v) is 4.15. The number of quaternary nitrogens is 1. The molecular formula is C21H22FN4O3+. The Labute approximate surface area is 167 Å². The molecule has 0 aliphatic carbocycles. The maximum absolute atomic E-state index is 13.2. The lowest BCUT2D eigenvalue weighted by atomic mass is 10.1. The van der Waals surface area contributed by atoms with E-state index in [9.17, 15) is 14.0 Å². The van der Waals surface area contributed by atoms with Gasteiger partial charge in [-0.2, -0.15) is 0 Å². The number of rotatable bonds is 7. The number of nitrogens with one attached hydrogen (secondary N) is 3. The van der Waals surface area contributed by atoms with Gasteiger partial charge in [0.05, 0.1) is 7.05 Å². The Morgan fingerprint density at radius 3 is 2.41 bits per heavy atom. The van der Waals surface area contributed by atoms with Crippen LogP contribution >= 0.6 is 0 Å². The molecule has 0 radical (unpaired) electrons. The summed E-state index contributed by atoms with van der Waals surface area (Å²) in [5.74, 6) is -0.822. The lowest BCUT2D eigenvalue weighted by Crippen LogP contribution is -3.11. The van der Waals surface area contributed by atoms with E-state index in [0.29, 0.717) is 16.3 Å². The number of aryl methyl sites for hydroxylation is 1. The molecule has 3 N–H and O–H groups in total. The van der Waals surface area contributed by atoms with Gasteiger partial charge in [-0.15, -0.1) is 0 Å². The molecule has 1 heterocycles. The molecule has 0 saturated heterocycles. The number of carbonyl (C=O) groups excluding carboxylic acids is 2. The largest absolute Gasteiger partial charge is 0.338 e. The molecule has 1 unspecified atom stereocenters. The Bertz CT molecular complexity index is 1000. The van der Waals surface area contributed by atoms with Crippen LogP contribution in [0.4, 0.5) is 16.0 Å². The van der Waals surface area contributed by atoms with Crippen molar-refractivity contribution in [3.05, 3.63) is 66.0 Å². The zero-order chi connectivity index (χ0) is 20.8. The van der Waals surface area contributed by atoms with Crippen molar-refractivity contribution in [2.24, 2.45) is 0 Å². The summed E-state index contributed by atoms with van der Waals surface area (Å²) in [4.78, 5) is 24.9. The van der Waals surface area contributed by atoms with E-state index in [1.54, 1.807) is 19.2 Å². The second kappa shape index (κ2) is 9.11. The Morgan fingerprint density at radius 2 is 1.72 bits per heavy atom. The summed E-state index contributed by atoms with van der Waals surface area (Å²) in [5.41, 5.74) is 3.02. The van der Waals surface area contributed by atoms with Gasteiger partial charge >= 0.3 is 0 Å². The fourth-order valence-electron chi connectivity index (χ4n) is 2.76. The van der Waals surface area contributed by atoms with Gasteiger partial charge in [0.2, 0.25) is 5.88 Å². The number of nitrogens with zero attached hydrogens (tertiary/aromatic N) is 1. The predicted octanol–water partition coefficient (Wildman–Crippen LogP) is 1.88. The van der Waals surface area contributed by atoms with Gasteiger partial charge in [-0.25, -0.2) is 4.39 Å². The number of likely N-dealkylation sites (N-methyl/N-ethyl adjacent to an activating group) is 1. The average molecular weight is 397 g/mol. The number of halogens is 1. The number of hydrogen-bond acceptors (Lipinski definition) is 4. The molecule has 7 nitrogen and oxygen atoms in total. The van der Waals surface area contributed by atoms with Gasteiger partial charge in [0.1, 0.15) is 11.5 Å². The number of amides is 2. The second-order valence-electron chi connectivity index (χ2n) is 6.86. The highest BCUT2D eigenvalue weighted by molar-refractivity contribution is 5.92. The van der Waals surface area contributed by atoms with Crippen molar-refractivity contribution in [2.45, 2.75) is 6.92 Å². The molecular weight excluding hydrogens is 375 g/mol. The lowest BCUT2D eigenvalue weighted by molar-refractivity contribution is -0.862. The van der Waals surface area contributed by atoms with Crippen LogP contribution in [-0.2, 0) is 9.59 Å². The number of hydrogen-bond donors (Lipinski definition) is 3. The van der Waals surface area contributed by atoms with E-state index in [1.165, 1.54) is 18.2 Å².